The fourth-order valence-corrected chi connectivity index (χ4v) is 2.17. The molecule has 1 heterocycles. The number of rotatable bonds is 0. The first-order valence-electron chi connectivity index (χ1n) is 5.84. The van der Waals surface area contributed by atoms with Crippen LogP contribution in [0.2, 0.25) is 0 Å². The predicted octanol–water partition coefficient (Wildman–Crippen LogP) is 2.75. The van der Waals surface area contributed by atoms with E-state index < -0.39 is 17.6 Å². The number of amides is 2. The summed E-state index contributed by atoms with van der Waals surface area (Å²) in [4.78, 5) is 28.1. The Balaban J connectivity index is 2.50. The lowest BCUT2D eigenvalue weighted by molar-refractivity contribution is -0.115. The summed E-state index contributed by atoms with van der Waals surface area (Å²) in [5.41, 5.74) is 8.77. The largest absolute Gasteiger partial charge is 0.443 e. The summed E-state index contributed by atoms with van der Waals surface area (Å²) < 4.78 is 5.89. The summed E-state index contributed by atoms with van der Waals surface area (Å²) in [6.07, 6.45) is -0.801. The molecule has 2 rings (SSSR count). The Morgan fingerprint density at radius 3 is 2.60 bits per heavy atom. The van der Waals surface area contributed by atoms with E-state index in [2.05, 4.69) is 20.7 Å². The van der Waals surface area contributed by atoms with Crippen LogP contribution in [0, 0.1) is 0 Å². The number of anilines is 1. The molecule has 0 saturated heterocycles. The average molecular weight is 338 g/mol. The normalized spacial score (nSPS) is 14.1. The topological polar surface area (TPSA) is 83.0 Å². The monoisotopic (exact) mass is 337 g/mol. The number of hydrogen-bond donors (Lipinski definition) is 0. The average Bonchev–Trinajstić information content (AvgIpc) is 2.57. The van der Waals surface area contributed by atoms with E-state index in [0.717, 1.165) is 4.90 Å². The maximum atomic E-state index is 12.2. The van der Waals surface area contributed by atoms with Gasteiger partial charge in [-0.25, -0.2) is 9.69 Å². The van der Waals surface area contributed by atoms with Gasteiger partial charge in [0, 0.05) is 4.47 Å². The molecule has 0 atom stereocenters. The summed E-state index contributed by atoms with van der Waals surface area (Å²) in [5.74, 6) is -0.713. The molecule has 0 saturated carbocycles. The second-order valence-electron chi connectivity index (χ2n) is 5.23. The molecule has 7 heteroatoms. The lowest BCUT2D eigenvalue weighted by Gasteiger charge is -2.23. The third-order valence-electron chi connectivity index (χ3n) is 2.54. The van der Waals surface area contributed by atoms with Crippen LogP contribution in [0.5, 0.6) is 0 Å². The first-order chi connectivity index (χ1) is 9.24. The van der Waals surface area contributed by atoms with Crippen molar-refractivity contribution in [2.24, 2.45) is 0 Å². The number of hydrogen-bond acceptors (Lipinski definition) is 3. The summed E-state index contributed by atoms with van der Waals surface area (Å²) >= 11 is 3.26. The fourth-order valence-electron chi connectivity index (χ4n) is 1.81. The Bertz CT molecular complexity index is 657. The minimum Gasteiger partial charge on any atom is -0.443 e. The zero-order valence-electron chi connectivity index (χ0n) is 11.2. The molecular weight excluding hydrogens is 326 g/mol. The third-order valence-corrected chi connectivity index (χ3v) is 3.03. The summed E-state index contributed by atoms with van der Waals surface area (Å²) in [6, 6.07) is 4.87. The highest BCUT2D eigenvalue weighted by Crippen LogP contribution is 2.32. The Morgan fingerprint density at radius 2 is 2.05 bits per heavy atom. The van der Waals surface area contributed by atoms with E-state index in [-0.39, 0.29) is 5.71 Å². The first-order valence-corrected chi connectivity index (χ1v) is 6.63. The van der Waals surface area contributed by atoms with Crippen LogP contribution in [0.4, 0.5) is 10.5 Å². The second kappa shape index (κ2) is 4.85. The molecule has 6 nitrogen and oxygen atoms in total. The van der Waals surface area contributed by atoms with Gasteiger partial charge in [-0.15, -0.1) is 0 Å². The van der Waals surface area contributed by atoms with Crippen molar-refractivity contribution in [3.8, 4) is 0 Å². The summed E-state index contributed by atoms with van der Waals surface area (Å²) in [5, 5.41) is 0. The standard InChI is InChI=1S/C13H12BrN3O3/c1-13(2,3)20-12(19)17-9-5-4-7(14)6-8(9)10(16-15)11(17)18/h4-6H,1-3H3. The highest BCUT2D eigenvalue weighted by molar-refractivity contribution is 9.10. The Hall–Kier alpha value is -1.98. The van der Waals surface area contributed by atoms with E-state index in [1.165, 1.54) is 0 Å². The number of imide groups is 1. The van der Waals surface area contributed by atoms with Crippen LogP contribution in [0.1, 0.15) is 26.3 Å². The van der Waals surface area contributed by atoms with Crippen molar-refractivity contribution < 1.29 is 19.1 Å². The molecule has 2 amide bonds. The maximum Gasteiger partial charge on any atom is 0.422 e. The molecule has 1 aromatic carbocycles. The van der Waals surface area contributed by atoms with Crippen LogP contribution >= 0.6 is 15.9 Å². The second-order valence-corrected chi connectivity index (χ2v) is 6.15. The van der Waals surface area contributed by atoms with Gasteiger partial charge in [0.15, 0.2) is 0 Å². The molecule has 20 heavy (non-hydrogen) atoms. The van der Waals surface area contributed by atoms with E-state index in [4.69, 9.17) is 10.3 Å². The van der Waals surface area contributed by atoms with Crippen LogP contribution in [-0.4, -0.2) is 28.1 Å². The maximum absolute atomic E-state index is 12.2. The molecule has 0 spiro atoms. The Kier molecular flexibility index (Phi) is 3.50. The van der Waals surface area contributed by atoms with Gasteiger partial charge in [-0.2, -0.15) is 4.79 Å². The van der Waals surface area contributed by atoms with Gasteiger partial charge in [-0.05, 0) is 39.0 Å². The molecule has 0 N–H and O–H groups in total. The number of nitrogens with zero attached hydrogens (tertiary/aromatic N) is 3. The Labute approximate surface area is 124 Å². The zero-order valence-corrected chi connectivity index (χ0v) is 12.8. The van der Waals surface area contributed by atoms with Crippen molar-refractivity contribution in [3.05, 3.63) is 33.8 Å². The number of benzene rings is 1. The minimum atomic E-state index is -0.801. The molecule has 1 aromatic rings. The number of carbonyl (C=O) groups is 2. The lowest BCUT2D eigenvalue weighted by atomic mass is 10.1. The molecule has 0 radical (unpaired) electrons. The van der Waals surface area contributed by atoms with Gasteiger partial charge in [0.25, 0.3) is 0 Å². The van der Waals surface area contributed by atoms with Crippen LogP contribution in [0.25, 0.3) is 5.53 Å². The molecule has 0 aliphatic carbocycles. The molecule has 0 fully saturated rings. The first kappa shape index (κ1) is 14.4. The fraction of sp³-hybridized carbons (Fsp3) is 0.308. The van der Waals surface area contributed by atoms with Gasteiger partial charge in [-0.1, -0.05) is 15.9 Å². The van der Waals surface area contributed by atoms with E-state index in [0.29, 0.717) is 15.7 Å². The molecule has 0 bridgehead atoms. The van der Waals surface area contributed by atoms with Crippen LogP contribution in [0.15, 0.2) is 22.7 Å². The molecular formula is C13H12BrN3O3. The molecule has 1 aliphatic heterocycles. The molecule has 1 aliphatic rings. The molecule has 0 unspecified atom stereocenters. The van der Waals surface area contributed by atoms with Crippen molar-refractivity contribution >= 4 is 39.3 Å². The highest BCUT2D eigenvalue weighted by atomic mass is 79.9. The predicted molar refractivity (Wildman–Crippen MR) is 75.6 cm³/mol. The summed E-state index contributed by atoms with van der Waals surface area (Å²) in [7, 11) is 0. The number of ether oxygens (including phenoxy) is 1. The smallest absolute Gasteiger partial charge is 0.422 e. The van der Waals surface area contributed by atoms with Gasteiger partial charge < -0.3 is 10.3 Å². The minimum absolute atomic E-state index is 0.188. The van der Waals surface area contributed by atoms with Crippen molar-refractivity contribution in [2.75, 3.05) is 4.90 Å². The number of halogens is 1. The van der Waals surface area contributed by atoms with Gasteiger partial charge in [0.2, 0.25) is 0 Å². The van der Waals surface area contributed by atoms with E-state index in [1.54, 1.807) is 39.0 Å². The van der Waals surface area contributed by atoms with Gasteiger partial charge in [-0.3, -0.25) is 4.79 Å². The highest BCUT2D eigenvalue weighted by Gasteiger charge is 2.45. The molecule has 0 aromatic heterocycles. The van der Waals surface area contributed by atoms with E-state index in [1.807, 2.05) is 0 Å². The van der Waals surface area contributed by atoms with Gasteiger partial charge >= 0.3 is 17.7 Å². The van der Waals surface area contributed by atoms with Crippen LogP contribution < -0.4 is 4.90 Å². The zero-order chi connectivity index (χ0) is 15.1. The van der Waals surface area contributed by atoms with Crippen molar-refractivity contribution in [1.29, 1.82) is 0 Å². The van der Waals surface area contributed by atoms with Crippen LogP contribution in [0.3, 0.4) is 0 Å². The van der Waals surface area contributed by atoms with Crippen molar-refractivity contribution in [1.82, 2.24) is 0 Å². The van der Waals surface area contributed by atoms with Crippen LogP contribution in [-0.2, 0) is 9.53 Å². The Morgan fingerprint density at radius 1 is 1.40 bits per heavy atom. The SMILES string of the molecule is CC(C)(C)OC(=O)N1C(=O)C(=[N+]=[N-])c2cc(Br)ccc21. The summed E-state index contributed by atoms with van der Waals surface area (Å²) in [6.45, 7) is 5.11. The third kappa shape index (κ3) is 2.50. The van der Waals surface area contributed by atoms with Gasteiger partial charge in [0.05, 0.1) is 11.3 Å². The number of carbonyl (C=O) groups excluding carboxylic acids is 2. The van der Waals surface area contributed by atoms with Crippen molar-refractivity contribution in [2.45, 2.75) is 26.4 Å². The quantitative estimate of drug-likeness (QED) is 0.539. The molecule has 104 valence electrons. The lowest BCUT2D eigenvalue weighted by Crippen LogP contribution is -2.40. The van der Waals surface area contributed by atoms with Crippen molar-refractivity contribution in [3.63, 3.8) is 0 Å². The van der Waals surface area contributed by atoms with E-state index in [9.17, 15) is 9.59 Å². The van der Waals surface area contributed by atoms with E-state index >= 15 is 0 Å². The number of fused-ring (bicyclic) bond motifs is 1. The van der Waals surface area contributed by atoms with Gasteiger partial charge in [0.1, 0.15) is 5.60 Å².